The summed E-state index contributed by atoms with van der Waals surface area (Å²) in [4.78, 5) is 25.5. The molecule has 1 aliphatic rings. The molecule has 0 spiro atoms. The molecule has 0 saturated carbocycles. The second-order valence-corrected chi connectivity index (χ2v) is 5.77. The van der Waals surface area contributed by atoms with E-state index in [1.165, 1.54) is 0 Å². The van der Waals surface area contributed by atoms with Gasteiger partial charge in [0.25, 0.3) is 5.91 Å². The van der Waals surface area contributed by atoms with Crippen LogP contribution in [0.4, 0.5) is 0 Å². The molecule has 1 aliphatic heterocycles. The Bertz CT molecular complexity index is 710. The van der Waals surface area contributed by atoms with Gasteiger partial charge >= 0.3 is 5.97 Å². The van der Waals surface area contributed by atoms with Crippen LogP contribution >= 0.6 is 0 Å². The molecule has 0 bridgehead atoms. The van der Waals surface area contributed by atoms with Gasteiger partial charge in [0, 0.05) is 24.2 Å². The van der Waals surface area contributed by atoms with Crippen LogP contribution in [0.15, 0.2) is 40.9 Å². The lowest BCUT2D eigenvalue weighted by Gasteiger charge is -2.36. The molecule has 0 radical (unpaired) electrons. The highest BCUT2D eigenvalue weighted by Gasteiger charge is 2.36. The van der Waals surface area contributed by atoms with Gasteiger partial charge in [-0.05, 0) is 19.8 Å². The Labute approximate surface area is 133 Å². The number of aromatic nitrogens is 1. The van der Waals surface area contributed by atoms with Gasteiger partial charge in [-0.15, -0.1) is 0 Å². The number of carbonyl (C=O) groups is 2. The van der Waals surface area contributed by atoms with Crippen molar-refractivity contribution in [3.05, 3.63) is 42.1 Å². The zero-order valence-corrected chi connectivity index (χ0v) is 12.8. The van der Waals surface area contributed by atoms with Crippen LogP contribution in [-0.4, -0.2) is 39.6 Å². The molecular weight excluding hydrogens is 296 g/mol. The van der Waals surface area contributed by atoms with Crippen molar-refractivity contribution in [3.8, 4) is 11.3 Å². The number of carboxylic acid groups (broad SMARTS) is 1. The number of piperidine rings is 1. The van der Waals surface area contributed by atoms with Crippen molar-refractivity contribution in [2.75, 3.05) is 6.54 Å². The molecule has 1 saturated heterocycles. The van der Waals surface area contributed by atoms with Gasteiger partial charge < -0.3 is 14.5 Å². The van der Waals surface area contributed by atoms with E-state index in [4.69, 9.17) is 4.52 Å². The molecular formula is C17H18N2O4. The molecule has 6 nitrogen and oxygen atoms in total. The largest absolute Gasteiger partial charge is 0.481 e. The molecule has 1 N–H and O–H groups in total. The molecule has 1 fully saturated rings. The van der Waals surface area contributed by atoms with E-state index < -0.39 is 11.9 Å². The van der Waals surface area contributed by atoms with E-state index in [0.717, 1.165) is 5.56 Å². The van der Waals surface area contributed by atoms with Crippen molar-refractivity contribution < 1.29 is 19.2 Å². The standard InChI is InChI=1S/C17H18N2O4/c1-11-13(17(21)22)8-5-9-19(11)16(20)14-10-15(23-18-14)12-6-3-2-4-7-12/h2-4,6-7,10-11,13H,5,8-9H2,1H3,(H,21,22)/t11-,13-/m1/s1. The number of likely N-dealkylation sites (tertiary alicyclic amines) is 1. The molecule has 1 aromatic heterocycles. The fourth-order valence-electron chi connectivity index (χ4n) is 3.02. The maximum atomic E-state index is 12.6. The number of carbonyl (C=O) groups excluding carboxylic acids is 1. The summed E-state index contributed by atoms with van der Waals surface area (Å²) in [6.45, 7) is 2.31. The number of hydrogen-bond acceptors (Lipinski definition) is 4. The van der Waals surface area contributed by atoms with Crippen LogP contribution < -0.4 is 0 Å². The minimum atomic E-state index is -0.861. The first-order chi connectivity index (χ1) is 11.1. The monoisotopic (exact) mass is 314 g/mol. The number of aliphatic carboxylic acids is 1. The number of carboxylic acids is 1. The van der Waals surface area contributed by atoms with Gasteiger partial charge in [-0.25, -0.2) is 0 Å². The molecule has 120 valence electrons. The highest BCUT2D eigenvalue weighted by molar-refractivity contribution is 5.93. The molecule has 3 rings (SSSR count). The van der Waals surface area contributed by atoms with Crippen molar-refractivity contribution in [1.29, 1.82) is 0 Å². The van der Waals surface area contributed by atoms with Crippen molar-refractivity contribution >= 4 is 11.9 Å². The lowest BCUT2D eigenvalue weighted by Crippen LogP contribution is -2.49. The number of rotatable bonds is 3. The topological polar surface area (TPSA) is 83.6 Å². The third kappa shape index (κ3) is 2.97. The van der Waals surface area contributed by atoms with E-state index in [1.54, 1.807) is 17.9 Å². The maximum absolute atomic E-state index is 12.6. The van der Waals surface area contributed by atoms with E-state index in [9.17, 15) is 14.7 Å². The average Bonchev–Trinajstić information content (AvgIpc) is 3.05. The van der Waals surface area contributed by atoms with E-state index >= 15 is 0 Å². The van der Waals surface area contributed by atoms with E-state index in [2.05, 4.69) is 5.16 Å². The normalized spacial score (nSPS) is 21.2. The lowest BCUT2D eigenvalue weighted by molar-refractivity contribution is -0.144. The van der Waals surface area contributed by atoms with Crippen LogP contribution in [0, 0.1) is 5.92 Å². The Morgan fingerprint density at radius 3 is 2.74 bits per heavy atom. The van der Waals surface area contributed by atoms with Crippen LogP contribution in [0.2, 0.25) is 0 Å². The Kier molecular flexibility index (Phi) is 4.14. The SMILES string of the molecule is C[C@@H]1[C@H](C(=O)O)CCCN1C(=O)c1cc(-c2ccccc2)on1. The number of hydrogen-bond donors (Lipinski definition) is 1. The number of nitrogens with zero attached hydrogens (tertiary/aromatic N) is 2. The fraction of sp³-hybridized carbons (Fsp3) is 0.353. The molecule has 2 aromatic rings. The van der Waals surface area contributed by atoms with Crippen molar-refractivity contribution in [2.24, 2.45) is 5.92 Å². The summed E-state index contributed by atoms with van der Waals surface area (Å²) in [6.07, 6.45) is 1.27. The van der Waals surface area contributed by atoms with Crippen LogP contribution in [0.3, 0.4) is 0 Å². The lowest BCUT2D eigenvalue weighted by atomic mass is 9.90. The molecule has 2 atom stereocenters. The second kappa shape index (κ2) is 6.24. The summed E-state index contributed by atoms with van der Waals surface area (Å²) in [5.41, 5.74) is 1.05. The van der Waals surface area contributed by atoms with Gasteiger partial charge in [-0.1, -0.05) is 35.5 Å². The molecule has 1 amide bonds. The third-order valence-corrected chi connectivity index (χ3v) is 4.35. The summed E-state index contributed by atoms with van der Waals surface area (Å²) in [7, 11) is 0. The zero-order valence-electron chi connectivity index (χ0n) is 12.8. The average molecular weight is 314 g/mol. The van der Waals surface area contributed by atoms with Crippen LogP contribution in [0.25, 0.3) is 11.3 Å². The Hall–Kier alpha value is -2.63. The third-order valence-electron chi connectivity index (χ3n) is 4.35. The first-order valence-electron chi connectivity index (χ1n) is 7.64. The van der Waals surface area contributed by atoms with Gasteiger partial charge in [-0.2, -0.15) is 0 Å². The highest BCUT2D eigenvalue weighted by Crippen LogP contribution is 2.26. The molecule has 1 aromatic carbocycles. The second-order valence-electron chi connectivity index (χ2n) is 5.77. The Morgan fingerprint density at radius 1 is 1.30 bits per heavy atom. The Balaban J connectivity index is 1.81. The van der Waals surface area contributed by atoms with Crippen LogP contribution in [0.1, 0.15) is 30.3 Å². The first kappa shape index (κ1) is 15.3. The summed E-state index contributed by atoms with van der Waals surface area (Å²) < 4.78 is 5.26. The van der Waals surface area contributed by atoms with Crippen molar-refractivity contribution in [1.82, 2.24) is 10.1 Å². The van der Waals surface area contributed by atoms with Crippen molar-refractivity contribution in [2.45, 2.75) is 25.8 Å². The highest BCUT2D eigenvalue weighted by atomic mass is 16.5. The molecule has 0 aliphatic carbocycles. The van der Waals surface area contributed by atoms with E-state index in [1.807, 2.05) is 30.3 Å². The summed E-state index contributed by atoms with van der Waals surface area (Å²) in [5.74, 6) is -1.16. The van der Waals surface area contributed by atoms with Gasteiger partial charge in [0.2, 0.25) is 0 Å². The van der Waals surface area contributed by atoms with Gasteiger partial charge in [0.05, 0.1) is 5.92 Å². The van der Waals surface area contributed by atoms with Crippen LogP contribution in [-0.2, 0) is 4.79 Å². The minimum absolute atomic E-state index is 0.210. The molecule has 0 unspecified atom stereocenters. The number of amides is 1. The predicted molar refractivity (Wildman–Crippen MR) is 82.8 cm³/mol. The first-order valence-corrected chi connectivity index (χ1v) is 7.64. The smallest absolute Gasteiger partial charge is 0.308 e. The quantitative estimate of drug-likeness (QED) is 0.941. The van der Waals surface area contributed by atoms with Gasteiger partial charge in [-0.3, -0.25) is 9.59 Å². The maximum Gasteiger partial charge on any atom is 0.308 e. The molecule has 23 heavy (non-hydrogen) atoms. The van der Waals surface area contributed by atoms with Gasteiger partial charge in [0.15, 0.2) is 11.5 Å². The summed E-state index contributed by atoms with van der Waals surface area (Å²) >= 11 is 0. The molecule has 2 heterocycles. The Morgan fingerprint density at radius 2 is 2.04 bits per heavy atom. The van der Waals surface area contributed by atoms with Gasteiger partial charge in [0.1, 0.15) is 0 Å². The summed E-state index contributed by atoms with van der Waals surface area (Å²) in [5, 5.41) is 13.1. The molecule has 6 heteroatoms. The summed E-state index contributed by atoms with van der Waals surface area (Å²) in [6, 6.07) is 10.7. The van der Waals surface area contributed by atoms with Crippen molar-refractivity contribution in [3.63, 3.8) is 0 Å². The van der Waals surface area contributed by atoms with E-state index in [0.29, 0.717) is 25.1 Å². The van der Waals surface area contributed by atoms with Crippen LogP contribution in [0.5, 0.6) is 0 Å². The predicted octanol–water partition coefficient (Wildman–Crippen LogP) is 2.67. The minimum Gasteiger partial charge on any atom is -0.481 e. The van der Waals surface area contributed by atoms with E-state index in [-0.39, 0.29) is 17.6 Å². The fourth-order valence-corrected chi connectivity index (χ4v) is 3.02. The number of benzene rings is 1. The zero-order chi connectivity index (χ0) is 16.4.